The molecule has 0 saturated heterocycles. The zero-order valence-corrected chi connectivity index (χ0v) is 15.5. The maximum atomic E-state index is 12.4. The van der Waals surface area contributed by atoms with Crippen molar-refractivity contribution in [2.45, 2.75) is 0 Å². The van der Waals surface area contributed by atoms with Crippen LogP contribution in [0.3, 0.4) is 0 Å². The monoisotopic (exact) mass is 368 g/mol. The Labute approximate surface area is 153 Å². The number of benzene rings is 3. The molecule has 0 saturated carbocycles. The average Bonchev–Trinajstić information content (AvgIpc) is 2.70. The summed E-state index contributed by atoms with van der Waals surface area (Å²) in [7, 11) is 1.40. The molecule has 0 spiro atoms. The van der Waals surface area contributed by atoms with Crippen LogP contribution >= 0.6 is 18.5 Å². The van der Waals surface area contributed by atoms with Crippen LogP contribution in [-0.2, 0) is 4.74 Å². The van der Waals surface area contributed by atoms with Gasteiger partial charge in [0.15, 0.2) is 0 Å². The van der Waals surface area contributed by atoms with Crippen LogP contribution in [0.15, 0.2) is 84.9 Å². The highest BCUT2D eigenvalue weighted by atomic mass is 35.5. The van der Waals surface area contributed by atoms with Crippen LogP contribution in [0.1, 0.15) is 10.4 Å². The van der Waals surface area contributed by atoms with Crippen molar-refractivity contribution < 1.29 is 9.53 Å². The van der Waals surface area contributed by atoms with E-state index >= 15 is 0 Å². The number of hydrogen-bond acceptors (Lipinski definition) is 2. The lowest BCUT2D eigenvalue weighted by molar-refractivity contribution is 0.0602. The smallest absolute Gasteiger partial charge is 0.338 e. The Morgan fingerprint density at radius 2 is 1.32 bits per heavy atom. The van der Waals surface area contributed by atoms with Crippen molar-refractivity contribution >= 4 is 45.6 Å². The molecule has 0 atom stereocenters. The lowest BCUT2D eigenvalue weighted by Gasteiger charge is -2.28. The summed E-state index contributed by atoms with van der Waals surface area (Å²) in [6, 6.07) is 27.7. The van der Waals surface area contributed by atoms with Crippen molar-refractivity contribution in [3.63, 3.8) is 0 Å². The van der Waals surface area contributed by atoms with Crippen LogP contribution in [0.4, 0.5) is 0 Å². The van der Waals surface area contributed by atoms with E-state index in [1.807, 2.05) is 54.6 Å². The molecular formula is C21H18ClO2P. The first-order valence-corrected chi connectivity index (χ1v) is 10.2. The first kappa shape index (κ1) is 17.5. The summed E-state index contributed by atoms with van der Waals surface area (Å²) in [5, 5.41) is 4.81. The molecule has 0 aliphatic rings. The molecule has 3 aromatic carbocycles. The van der Waals surface area contributed by atoms with E-state index in [4.69, 9.17) is 16.3 Å². The van der Waals surface area contributed by atoms with E-state index in [1.54, 1.807) is 11.3 Å². The van der Waals surface area contributed by atoms with Gasteiger partial charge in [-0.25, -0.2) is 4.79 Å². The van der Waals surface area contributed by atoms with Gasteiger partial charge in [0.05, 0.1) is 12.7 Å². The molecule has 0 aliphatic heterocycles. The summed E-state index contributed by atoms with van der Waals surface area (Å²) in [6.45, 7) is -2.30. The van der Waals surface area contributed by atoms with Crippen LogP contribution in [0.2, 0.25) is 0 Å². The van der Waals surface area contributed by atoms with E-state index in [1.165, 1.54) is 7.11 Å². The Hall–Kier alpha value is -2.28. The van der Waals surface area contributed by atoms with Gasteiger partial charge < -0.3 is 4.74 Å². The Balaban J connectivity index is 2.41. The van der Waals surface area contributed by atoms with Crippen LogP contribution in [0.25, 0.3) is 0 Å². The number of hydrogen-bond donors (Lipinski definition) is 0. The minimum atomic E-state index is -2.30. The molecule has 0 unspecified atom stereocenters. The van der Waals surface area contributed by atoms with Crippen molar-refractivity contribution in [3.8, 4) is 0 Å². The number of rotatable bonds is 4. The first-order chi connectivity index (χ1) is 12.2. The third-order valence-corrected chi connectivity index (χ3v) is 8.71. The van der Waals surface area contributed by atoms with Crippen LogP contribution in [-0.4, -0.2) is 18.3 Å². The van der Waals surface area contributed by atoms with Crippen LogP contribution < -0.4 is 15.9 Å². The molecule has 0 amide bonds. The number of carbonyl (C=O) groups is 1. The van der Waals surface area contributed by atoms with Gasteiger partial charge in [-0.1, -0.05) is 90.5 Å². The van der Waals surface area contributed by atoms with Gasteiger partial charge in [0.1, 0.15) is 0 Å². The average molecular weight is 369 g/mol. The lowest BCUT2D eigenvalue weighted by atomic mass is 10.2. The summed E-state index contributed by atoms with van der Waals surface area (Å²) in [4.78, 5) is 12.4. The molecule has 0 N–H and O–H groups in total. The first-order valence-electron chi connectivity index (χ1n) is 7.86. The number of carbonyl (C=O) groups excluding carboxylic acids is 1. The van der Waals surface area contributed by atoms with E-state index in [0.29, 0.717) is 5.56 Å². The molecular weight excluding hydrogens is 351 g/mol. The second kappa shape index (κ2) is 7.74. The standard InChI is InChI=1S/C21H18ClO2P/c1-24-21(23)19-14-8-9-15-20(19)25(16-22,17-10-4-2-5-11-17)18-12-6-3-7-13-18/h2-16H,1H3. The largest absolute Gasteiger partial charge is 0.465 e. The highest BCUT2D eigenvalue weighted by Crippen LogP contribution is 2.45. The van der Waals surface area contributed by atoms with Crippen molar-refractivity contribution in [3.05, 3.63) is 90.5 Å². The van der Waals surface area contributed by atoms with Gasteiger partial charge in [0, 0.05) is 5.26 Å². The number of halogens is 1. The molecule has 0 fully saturated rings. The summed E-state index contributed by atoms with van der Waals surface area (Å²) in [6.07, 6.45) is 0. The van der Waals surface area contributed by atoms with Gasteiger partial charge >= 0.3 is 5.97 Å². The molecule has 0 aromatic heterocycles. The van der Waals surface area contributed by atoms with E-state index in [-0.39, 0.29) is 5.97 Å². The molecule has 0 aliphatic carbocycles. The zero-order valence-electron chi connectivity index (χ0n) is 13.8. The van der Waals surface area contributed by atoms with E-state index in [9.17, 15) is 4.79 Å². The Kier molecular flexibility index (Phi) is 5.43. The Bertz CT molecular complexity index is 877. The van der Waals surface area contributed by atoms with Gasteiger partial charge in [0.25, 0.3) is 0 Å². The molecule has 0 radical (unpaired) electrons. The van der Waals surface area contributed by atoms with Crippen molar-refractivity contribution in [1.29, 1.82) is 0 Å². The fourth-order valence-electron chi connectivity index (χ4n) is 2.98. The number of esters is 1. The normalized spacial score (nSPS) is 11.0. The molecule has 3 rings (SSSR count). The predicted octanol–water partition coefficient (Wildman–Crippen LogP) is 3.77. The highest BCUT2D eigenvalue weighted by Gasteiger charge is 2.29. The highest BCUT2D eigenvalue weighted by molar-refractivity contribution is 7.96. The summed E-state index contributed by atoms with van der Waals surface area (Å²) >= 11 is 6.52. The van der Waals surface area contributed by atoms with E-state index in [0.717, 1.165) is 15.9 Å². The van der Waals surface area contributed by atoms with Crippen LogP contribution in [0, 0.1) is 0 Å². The van der Waals surface area contributed by atoms with Gasteiger partial charge in [-0.05, 0) is 28.9 Å². The van der Waals surface area contributed by atoms with Gasteiger partial charge in [0.2, 0.25) is 0 Å². The minimum Gasteiger partial charge on any atom is -0.465 e. The second-order valence-corrected chi connectivity index (χ2v) is 9.24. The molecule has 4 heteroatoms. The topological polar surface area (TPSA) is 26.3 Å². The maximum Gasteiger partial charge on any atom is 0.338 e. The zero-order chi connectivity index (χ0) is 17.7. The van der Waals surface area contributed by atoms with Gasteiger partial charge in [-0.15, -0.1) is 0 Å². The molecule has 2 nitrogen and oxygen atoms in total. The molecule has 0 heterocycles. The summed E-state index contributed by atoms with van der Waals surface area (Å²) in [5.74, 6) is -0.356. The molecule has 3 aromatic rings. The van der Waals surface area contributed by atoms with Crippen molar-refractivity contribution in [2.75, 3.05) is 7.11 Å². The Morgan fingerprint density at radius 3 is 1.80 bits per heavy atom. The quantitative estimate of drug-likeness (QED) is 0.517. The van der Waals surface area contributed by atoms with Crippen molar-refractivity contribution in [2.24, 2.45) is 0 Å². The third kappa shape index (κ3) is 3.16. The maximum absolute atomic E-state index is 12.4. The molecule has 126 valence electrons. The predicted molar refractivity (Wildman–Crippen MR) is 108 cm³/mol. The van der Waals surface area contributed by atoms with Crippen LogP contribution in [0.5, 0.6) is 0 Å². The van der Waals surface area contributed by atoms with Gasteiger partial charge in [-0.3, -0.25) is 0 Å². The molecule has 0 bridgehead atoms. The van der Waals surface area contributed by atoms with Crippen molar-refractivity contribution in [1.82, 2.24) is 0 Å². The van der Waals surface area contributed by atoms with E-state index in [2.05, 4.69) is 24.3 Å². The minimum absolute atomic E-state index is 0.356. The molecule has 25 heavy (non-hydrogen) atoms. The fourth-order valence-corrected chi connectivity index (χ4v) is 7.31. The SMILES string of the molecule is COC(=O)c1ccccc1P(=CCl)(c1ccccc1)c1ccccc1. The third-order valence-electron chi connectivity index (χ3n) is 4.16. The lowest BCUT2D eigenvalue weighted by Crippen LogP contribution is -2.30. The van der Waals surface area contributed by atoms with Gasteiger partial charge in [-0.2, -0.15) is 0 Å². The number of ether oxygens (including phenoxy) is 1. The Morgan fingerprint density at radius 1 is 0.840 bits per heavy atom. The fraction of sp³-hybridized carbons (Fsp3) is 0.0476. The second-order valence-electron chi connectivity index (χ2n) is 5.50. The number of methoxy groups -OCH3 is 1. The summed E-state index contributed by atoms with van der Waals surface area (Å²) < 4.78 is 5.01. The summed E-state index contributed by atoms with van der Waals surface area (Å²) in [5.41, 5.74) is 0.544. The van der Waals surface area contributed by atoms with E-state index < -0.39 is 6.89 Å².